The number of aliphatic hydroxyl groups is 1. The second-order valence-corrected chi connectivity index (χ2v) is 10.4. The number of hydroxylamine groups is 1. The molecule has 29 heavy (non-hydrogen) atoms. The Morgan fingerprint density at radius 1 is 1.45 bits per heavy atom. The van der Waals surface area contributed by atoms with Crippen LogP contribution in [0.5, 0.6) is 5.75 Å². The predicted octanol–water partition coefficient (Wildman–Crippen LogP) is 1.78. The Hall–Kier alpha value is -1.76. The summed E-state index contributed by atoms with van der Waals surface area (Å²) >= 11 is 7.05. The Kier molecular flexibility index (Phi) is 6.46. The quantitative estimate of drug-likeness (QED) is 0.441. The Morgan fingerprint density at radius 2 is 2.14 bits per heavy atom. The number of hydrogen-bond acceptors (Lipinski definition) is 8. The van der Waals surface area contributed by atoms with Crippen LogP contribution in [0.15, 0.2) is 35.4 Å². The van der Waals surface area contributed by atoms with Crippen molar-refractivity contribution in [2.45, 2.75) is 42.9 Å². The number of carbonyl (C=O) groups excluding carboxylic acids is 1. The molecule has 158 valence electrons. The fourth-order valence-electron chi connectivity index (χ4n) is 3.25. The molecule has 2 atom stereocenters. The number of hydrogen-bond donors (Lipinski definition) is 3. The molecule has 3 N–H and O–H groups in total. The minimum atomic E-state index is -4.10. The summed E-state index contributed by atoms with van der Waals surface area (Å²) in [5.41, 5.74) is -0.165. The van der Waals surface area contributed by atoms with Gasteiger partial charge in [0.05, 0.1) is 15.4 Å². The van der Waals surface area contributed by atoms with Crippen molar-refractivity contribution in [2.75, 3.05) is 6.54 Å². The standard InChI is InChI=1S/C17H20ClN3O6S2/c1-17(23)7-2-8-21(14(17)15(22)20-24)29(25,26)13-5-3-11(4-6-13)27-10-12-9-19-16(18)28-12/h3-6,9,14,23-24H,2,7-8,10H2,1H3,(H,20,22)/t14-,17-/m0/s1. The Bertz CT molecular complexity index is 977. The van der Waals surface area contributed by atoms with Crippen molar-refractivity contribution in [2.24, 2.45) is 0 Å². The highest BCUT2D eigenvalue weighted by atomic mass is 35.5. The molecule has 1 aromatic heterocycles. The van der Waals surface area contributed by atoms with Crippen LogP contribution >= 0.6 is 22.9 Å². The van der Waals surface area contributed by atoms with E-state index in [1.54, 1.807) is 6.20 Å². The first-order valence-electron chi connectivity index (χ1n) is 8.66. The summed E-state index contributed by atoms with van der Waals surface area (Å²) in [6.07, 6.45) is 2.20. The van der Waals surface area contributed by atoms with Gasteiger partial charge in [0.1, 0.15) is 18.4 Å². The van der Waals surface area contributed by atoms with Crippen LogP contribution in [0.25, 0.3) is 0 Å². The molecule has 0 radical (unpaired) electrons. The van der Waals surface area contributed by atoms with E-state index in [9.17, 15) is 18.3 Å². The summed E-state index contributed by atoms with van der Waals surface area (Å²) < 4.78 is 33.1. The molecule has 9 nitrogen and oxygen atoms in total. The van der Waals surface area contributed by atoms with Gasteiger partial charge in [-0.15, -0.1) is 11.3 Å². The molecule has 1 fully saturated rings. The van der Waals surface area contributed by atoms with Crippen molar-refractivity contribution in [1.29, 1.82) is 0 Å². The van der Waals surface area contributed by atoms with Crippen LogP contribution in [0.4, 0.5) is 0 Å². The number of aromatic nitrogens is 1. The molecule has 2 heterocycles. The average molecular weight is 462 g/mol. The second kappa shape index (κ2) is 8.54. The van der Waals surface area contributed by atoms with Crippen LogP contribution in [-0.4, -0.2) is 52.1 Å². The smallest absolute Gasteiger partial charge is 0.264 e. The van der Waals surface area contributed by atoms with Gasteiger partial charge in [-0.2, -0.15) is 4.31 Å². The van der Waals surface area contributed by atoms with Crippen LogP contribution in [0, 0.1) is 0 Å². The van der Waals surface area contributed by atoms with Crippen LogP contribution in [0.2, 0.25) is 4.47 Å². The first kappa shape index (κ1) is 21.9. The third-order valence-electron chi connectivity index (χ3n) is 4.63. The number of ether oxygens (including phenoxy) is 1. The van der Waals surface area contributed by atoms with E-state index in [4.69, 9.17) is 21.5 Å². The van der Waals surface area contributed by atoms with Crippen LogP contribution < -0.4 is 10.2 Å². The lowest BCUT2D eigenvalue weighted by atomic mass is 9.87. The van der Waals surface area contributed by atoms with Crippen molar-refractivity contribution in [3.05, 3.63) is 39.8 Å². The first-order valence-corrected chi connectivity index (χ1v) is 11.3. The SMILES string of the molecule is C[C@]1(O)CCCN(S(=O)(=O)c2ccc(OCc3cnc(Cl)s3)cc2)[C@H]1C(=O)NO. The van der Waals surface area contributed by atoms with Gasteiger partial charge in [-0.1, -0.05) is 11.6 Å². The lowest BCUT2D eigenvalue weighted by molar-refractivity contribution is -0.144. The molecule has 0 aliphatic carbocycles. The van der Waals surface area contributed by atoms with Crippen molar-refractivity contribution in [1.82, 2.24) is 14.8 Å². The van der Waals surface area contributed by atoms with Crippen molar-refractivity contribution < 1.29 is 28.3 Å². The van der Waals surface area contributed by atoms with E-state index >= 15 is 0 Å². The largest absolute Gasteiger partial charge is 0.488 e. The third-order valence-corrected chi connectivity index (χ3v) is 7.60. The number of benzene rings is 1. The molecule has 1 saturated heterocycles. The summed E-state index contributed by atoms with van der Waals surface area (Å²) in [5.74, 6) is -0.537. The van der Waals surface area contributed by atoms with Gasteiger partial charge >= 0.3 is 0 Å². The summed E-state index contributed by atoms with van der Waals surface area (Å²) in [6.45, 7) is 1.66. The van der Waals surface area contributed by atoms with Gasteiger partial charge in [-0.25, -0.2) is 18.9 Å². The normalized spacial score (nSPS) is 23.0. The van der Waals surface area contributed by atoms with Crippen LogP contribution in [0.1, 0.15) is 24.6 Å². The summed E-state index contributed by atoms with van der Waals surface area (Å²) in [7, 11) is -4.10. The molecule has 0 unspecified atom stereocenters. The molecule has 3 rings (SSSR count). The highest BCUT2D eigenvalue weighted by Gasteiger charge is 2.49. The summed E-state index contributed by atoms with van der Waals surface area (Å²) in [5, 5.41) is 19.5. The van der Waals surface area contributed by atoms with Crippen molar-refractivity contribution in [3.63, 3.8) is 0 Å². The van der Waals surface area contributed by atoms with Gasteiger partial charge in [-0.05, 0) is 44.0 Å². The lowest BCUT2D eigenvalue weighted by Crippen LogP contribution is -2.62. The van der Waals surface area contributed by atoms with E-state index in [1.807, 2.05) is 0 Å². The number of nitrogens with zero attached hydrogens (tertiary/aromatic N) is 2. The highest BCUT2D eigenvalue weighted by Crippen LogP contribution is 2.33. The van der Waals surface area contributed by atoms with Crippen LogP contribution in [-0.2, 0) is 21.4 Å². The monoisotopic (exact) mass is 461 g/mol. The molecule has 0 saturated carbocycles. The van der Waals surface area contributed by atoms with Gasteiger partial charge in [0, 0.05) is 12.7 Å². The molecule has 1 aromatic carbocycles. The summed E-state index contributed by atoms with van der Waals surface area (Å²) in [4.78, 5) is 16.8. The van der Waals surface area contributed by atoms with Gasteiger partial charge < -0.3 is 9.84 Å². The van der Waals surface area contributed by atoms with Gasteiger partial charge in [0.15, 0.2) is 4.47 Å². The molecule has 1 aliphatic rings. The molecular formula is C17H20ClN3O6S2. The van der Waals surface area contributed by atoms with Crippen LogP contribution in [0.3, 0.4) is 0 Å². The number of carbonyl (C=O) groups is 1. The van der Waals surface area contributed by atoms with Crippen molar-refractivity contribution in [3.8, 4) is 5.75 Å². The fraction of sp³-hybridized carbons (Fsp3) is 0.412. The van der Waals surface area contributed by atoms with Gasteiger partial charge in [0.2, 0.25) is 10.0 Å². The minimum Gasteiger partial charge on any atom is -0.488 e. The lowest BCUT2D eigenvalue weighted by Gasteiger charge is -2.42. The fourth-order valence-corrected chi connectivity index (χ4v) is 5.86. The zero-order chi connectivity index (χ0) is 21.2. The number of nitrogens with one attached hydrogen (secondary N) is 1. The third kappa shape index (κ3) is 4.71. The Morgan fingerprint density at radius 3 is 2.72 bits per heavy atom. The van der Waals surface area contributed by atoms with E-state index in [0.717, 1.165) is 9.18 Å². The molecule has 1 aliphatic heterocycles. The molecule has 0 spiro atoms. The number of halogens is 1. The van der Waals surface area contributed by atoms with E-state index in [2.05, 4.69) is 4.98 Å². The van der Waals surface area contributed by atoms with E-state index in [0.29, 0.717) is 16.6 Å². The number of piperidine rings is 1. The van der Waals surface area contributed by atoms with E-state index < -0.39 is 27.6 Å². The van der Waals surface area contributed by atoms with E-state index in [-0.39, 0.29) is 24.5 Å². The predicted molar refractivity (Wildman–Crippen MR) is 105 cm³/mol. The van der Waals surface area contributed by atoms with Gasteiger partial charge in [-0.3, -0.25) is 10.0 Å². The number of rotatable bonds is 6. The number of amides is 1. The summed E-state index contributed by atoms with van der Waals surface area (Å²) in [6, 6.07) is 4.28. The molecule has 12 heteroatoms. The zero-order valence-corrected chi connectivity index (χ0v) is 17.8. The number of sulfonamides is 1. The topological polar surface area (TPSA) is 129 Å². The number of thiazole rings is 1. The average Bonchev–Trinajstić information content (AvgIpc) is 3.10. The zero-order valence-electron chi connectivity index (χ0n) is 15.4. The Labute approximate surface area is 176 Å². The maximum atomic E-state index is 13.1. The Balaban J connectivity index is 1.79. The van der Waals surface area contributed by atoms with Crippen molar-refractivity contribution >= 4 is 38.9 Å². The first-order chi connectivity index (χ1) is 13.6. The maximum absolute atomic E-state index is 13.1. The minimum absolute atomic E-state index is 0.0426. The van der Waals surface area contributed by atoms with E-state index in [1.165, 1.54) is 48.0 Å². The molecular weight excluding hydrogens is 442 g/mol. The van der Waals surface area contributed by atoms with Gasteiger partial charge in [0.25, 0.3) is 5.91 Å². The second-order valence-electron chi connectivity index (χ2n) is 6.79. The molecule has 1 amide bonds. The molecule has 0 bridgehead atoms. The highest BCUT2D eigenvalue weighted by molar-refractivity contribution is 7.89. The maximum Gasteiger partial charge on any atom is 0.264 e. The molecule has 2 aromatic rings.